The van der Waals surface area contributed by atoms with Crippen LogP contribution < -0.4 is 5.73 Å². The van der Waals surface area contributed by atoms with Crippen molar-refractivity contribution in [2.75, 3.05) is 13.1 Å². The molecular formula is C16H22N2O. The van der Waals surface area contributed by atoms with E-state index in [1.165, 1.54) is 30.4 Å². The Bertz CT molecular complexity index is 464. The molecule has 0 unspecified atom stereocenters. The summed E-state index contributed by atoms with van der Waals surface area (Å²) in [6, 6.07) is 9.38. The van der Waals surface area contributed by atoms with E-state index >= 15 is 0 Å². The zero-order valence-electron chi connectivity index (χ0n) is 11.3. The van der Waals surface area contributed by atoms with Crippen LogP contribution in [0.1, 0.15) is 42.9 Å². The molecular weight excluding hydrogens is 236 g/mol. The van der Waals surface area contributed by atoms with Crippen molar-refractivity contribution in [1.29, 1.82) is 0 Å². The molecule has 1 amide bonds. The number of primary amides is 1. The number of piperidine rings is 1. The van der Waals surface area contributed by atoms with Gasteiger partial charge in [0.25, 0.3) is 0 Å². The van der Waals surface area contributed by atoms with E-state index in [4.69, 9.17) is 5.73 Å². The maximum atomic E-state index is 11.2. The molecule has 0 saturated carbocycles. The van der Waals surface area contributed by atoms with Gasteiger partial charge in [0.2, 0.25) is 5.91 Å². The van der Waals surface area contributed by atoms with Crippen LogP contribution in [-0.2, 0) is 11.2 Å². The van der Waals surface area contributed by atoms with Crippen LogP contribution in [0.5, 0.6) is 0 Å². The van der Waals surface area contributed by atoms with Gasteiger partial charge in [0.15, 0.2) is 0 Å². The number of rotatable bonds is 2. The predicted molar refractivity (Wildman–Crippen MR) is 75.6 cm³/mol. The van der Waals surface area contributed by atoms with Crippen molar-refractivity contribution >= 4 is 5.91 Å². The molecule has 2 aliphatic rings. The number of hydrogen-bond donors (Lipinski definition) is 1. The summed E-state index contributed by atoms with van der Waals surface area (Å²) >= 11 is 0. The summed E-state index contributed by atoms with van der Waals surface area (Å²) in [7, 11) is 0. The third-order valence-corrected chi connectivity index (χ3v) is 4.71. The van der Waals surface area contributed by atoms with Gasteiger partial charge in [-0.05, 0) is 56.3 Å². The first-order valence-corrected chi connectivity index (χ1v) is 7.37. The second-order valence-electron chi connectivity index (χ2n) is 5.82. The number of hydrogen-bond acceptors (Lipinski definition) is 2. The molecule has 0 radical (unpaired) electrons. The average Bonchev–Trinajstić information content (AvgIpc) is 2.47. The van der Waals surface area contributed by atoms with Crippen molar-refractivity contribution in [3.63, 3.8) is 0 Å². The Morgan fingerprint density at radius 1 is 1.16 bits per heavy atom. The molecule has 0 spiro atoms. The Morgan fingerprint density at radius 2 is 1.89 bits per heavy atom. The Morgan fingerprint density at radius 3 is 2.63 bits per heavy atom. The zero-order chi connectivity index (χ0) is 13.2. The second-order valence-corrected chi connectivity index (χ2v) is 5.82. The van der Waals surface area contributed by atoms with Gasteiger partial charge in [0.1, 0.15) is 0 Å². The SMILES string of the molecule is NC(=O)C1CCN([C@H]2CCCc3ccccc32)CC1. The summed E-state index contributed by atoms with van der Waals surface area (Å²) in [6.45, 7) is 2.01. The maximum absolute atomic E-state index is 11.2. The van der Waals surface area contributed by atoms with E-state index in [1.54, 1.807) is 0 Å². The topological polar surface area (TPSA) is 46.3 Å². The number of carbonyl (C=O) groups is 1. The Balaban J connectivity index is 1.73. The van der Waals surface area contributed by atoms with Gasteiger partial charge in [-0.15, -0.1) is 0 Å². The standard InChI is InChI=1S/C16H22N2O/c17-16(19)13-8-10-18(11-9-13)15-7-3-5-12-4-1-2-6-14(12)15/h1-2,4,6,13,15H,3,5,7-11H2,(H2,17,19)/t15-/m0/s1. The molecule has 1 heterocycles. The first-order chi connectivity index (χ1) is 9.25. The summed E-state index contributed by atoms with van der Waals surface area (Å²) in [5.74, 6) is -0.0289. The third-order valence-electron chi connectivity index (χ3n) is 4.71. The fraction of sp³-hybridized carbons (Fsp3) is 0.562. The number of amides is 1. The van der Waals surface area contributed by atoms with E-state index in [-0.39, 0.29) is 11.8 Å². The van der Waals surface area contributed by atoms with Crippen molar-refractivity contribution in [3.8, 4) is 0 Å². The Labute approximate surface area is 114 Å². The second kappa shape index (κ2) is 5.33. The quantitative estimate of drug-likeness (QED) is 0.884. The van der Waals surface area contributed by atoms with Crippen LogP contribution in [0.4, 0.5) is 0 Å². The van der Waals surface area contributed by atoms with Gasteiger partial charge in [0, 0.05) is 12.0 Å². The number of benzene rings is 1. The number of fused-ring (bicyclic) bond motifs is 1. The van der Waals surface area contributed by atoms with Crippen LogP contribution in [-0.4, -0.2) is 23.9 Å². The molecule has 102 valence electrons. The first kappa shape index (κ1) is 12.7. The minimum absolute atomic E-state index is 0.0927. The van der Waals surface area contributed by atoms with E-state index < -0.39 is 0 Å². The summed E-state index contributed by atoms with van der Waals surface area (Å²) in [5.41, 5.74) is 8.43. The van der Waals surface area contributed by atoms with Crippen molar-refractivity contribution in [2.24, 2.45) is 11.7 Å². The van der Waals surface area contributed by atoms with Gasteiger partial charge in [-0.2, -0.15) is 0 Å². The molecule has 1 saturated heterocycles. The average molecular weight is 258 g/mol. The first-order valence-electron chi connectivity index (χ1n) is 7.37. The van der Waals surface area contributed by atoms with Crippen molar-refractivity contribution in [2.45, 2.75) is 38.1 Å². The molecule has 1 fully saturated rings. The van der Waals surface area contributed by atoms with Crippen LogP contribution in [0, 0.1) is 5.92 Å². The zero-order valence-corrected chi connectivity index (χ0v) is 11.3. The van der Waals surface area contributed by atoms with Crippen LogP contribution >= 0.6 is 0 Å². The lowest BCUT2D eigenvalue weighted by Crippen LogP contribution is -2.41. The smallest absolute Gasteiger partial charge is 0.220 e. The Kier molecular flexibility index (Phi) is 3.56. The molecule has 1 atom stereocenters. The van der Waals surface area contributed by atoms with E-state index in [0.717, 1.165) is 25.9 Å². The van der Waals surface area contributed by atoms with Gasteiger partial charge < -0.3 is 5.73 Å². The number of nitrogens with zero attached hydrogens (tertiary/aromatic N) is 1. The number of carbonyl (C=O) groups excluding carboxylic acids is 1. The highest BCUT2D eigenvalue weighted by Crippen LogP contribution is 2.36. The lowest BCUT2D eigenvalue weighted by atomic mass is 9.85. The molecule has 2 N–H and O–H groups in total. The van der Waals surface area contributed by atoms with Crippen molar-refractivity contribution in [3.05, 3.63) is 35.4 Å². The largest absolute Gasteiger partial charge is 0.369 e. The van der Waals surface area contributed by atoms with E-state index in [1.807, 2.05) is 0 Å². The van der Waals surface area contributed by atoms with Crippen LogP contribution in [0.15, 0.2) is 24.3 Å². The highest BCUT2D eigenvalue weighted by Gasteiger charge is 2.30. The van der Waals surface area contributed by atoms with E-state index in [0.29, 0.717) is 6.04 Å². The number of nitrogens with two attached hydrogens (primary N) is 1. The highest BCUT2D eigenvalue weighted by atomic mass is 16.1. The summed E-state index contributed by atoms with van der Waals surface area (Å²) in [4.78, 5) is 13.8. The van der Waals surface area contributed by atoms with Gasteiger partial charge in [-0.3, -0.25) is 9.69 Å². The fourth-order valence-corrected chi connectivity index (χ4v) is 3.60. The van der Waals surface area contributed by atoms with Gasteiger partial charge in [0.05, 0.1) is 0 Å². The number of likely N-dealkylation sites (tertiary alicyclic amines) is 1. The number of aryl methyl sites for hydroxylation is 1. The summed E-state index contributed by atoms with van der Waals surface area (Å²) in [5, 5.41) is 0. The molecule has 3 rings (SSSR count). The fourth-order valence-electron chi connectivity index (χ4n) is 3.60. The van der Waals surface area contributed by atoms with E-state index in [2.05, 4.69) is 29.2 Å². The highest BCUT2D eigenvalue weighted by molar-refractivity contribution is 5.76. The summed E-state index contributed by atoms with van der Waals surface area (Å²) in [6.07, 6.45) is 5.59. The van der Waals surface area contributed by atoms with Crippen LogP contribution in [0.3, 0.4) is 0 Å². The third kappa shape index (κ3) is 2.52. The predicted octanol–water partition coefficient (Wildman–Crippen LogP) is 2.26. The minimum atomic E-state index is -0.122. The minimum Gasteiger partial charge on any atom is -0.369 e. The lowest BCUT2D eigenvalue weighted by molar-refractivity contribution is -0.123. The molecule has 1 aliphatic heterocycles. The van der Waals surface area contributed by atoms with Crippen LogP contribution in [0.2, 0.25) is 0 Å². The monoisotopic (exact) mass is 258 g/mol. The van der Waals surface area contributed by atoms with Crippen molar-refractivity contribution < 1.29 is 4.79 Å². The Hall–Kier alpha value is -1.35. The van der Waals surface area contributed by atoms with Gasteiger partial charge >= 0.3 is 0 Å². The molecule has 1 aromatic carbocycles. The molecule has 1 aliphatic carbocycles. The molecule has 0 bridgehead atoms. The summed E-state index contributed by atoms with van der Waals surface area (Å²) < 4.78 is 0. The van der Waals surface area contributed by atoms with Crippen LogP contribution in [0.25, 0.3) is 0 Å². The van der Waals surface area contributed by atoms with Gasteiger partial charge in [-0.1, -0.05) is 24.3 Å². The van der Waals surface area contributed by atoms with E-state index in [9.17, 15) is 4.79 Å². The molecule has 3 nitrogen and oxygen atoms in total. The molecule has 19 heavy (non-hydrogen) atoms. The van der Waals surface area contributed by atoms with Crippen molar-refractivity contribution in [1.82, 2.24) is 4.90 Å². The maximum Gasteiger partial charge on any atom is 0.220 e. The lowest BCUT2D eigenvalue weighted by Gasteiger charge is -2.39. The van der Waals surface area contributed by atoms with Gasteiger partial charge in [-0.25, -0.2) is 0 Å². The molecule has 0 aromatic heterocycles. The molecule has 1 aromatic rings. The normalized spacial score (nSPS) is 24.9. The molecule has 3 heteroatoms.